The van der Waals surface area contributed by atoms with Gasteiger partial charge in [-0.1, -0.05) is 29.8 Å². The summed E-state index contributed by atoms with van der Waals surface area (Å²) in [4.78, 5) is 8.12. The number of hydrogen-bond donors (Lipinski definition) is 3. The molecule has 100 valence electrons. The second-order valence-corrected chi connectivity index (χ2v) is 4.35. The molecular formula is C14H18N4O. The lowest BCUT2D eigenvalue weighted by Crippen LogP contribution is -2.13. The zero-order valence-electron chi connectivity index (χ0n) is 11.1. The van der Waals surface area contributed by atoms with E-state index in [9.17, 15) is 5.11 Å². The number of hydrogen-bond acceptors (Lipinski definition) is 5. The average molecular weight is 258 g/mol. The second-order valence-electron chi connectivity index (χ2n) is 4.35. The molecule has 0 amide bonds. The predicted octanol–water partition coefficient (Wildman–Crippen LogP) is 1.97. The third-order valence-corrected chi connectivity index (χ3v) is 2.86. The number of aryl methyl sites for hydroxylation is 1. The fraction of sp³-hybridized carbons (Fsp3) is 0.286. The summed E-state index contributed by atoms with van der Waals surface area (Å²) < 4.78 is 0. The highest BCUT2D eigenvalue weighted by molar-refractivity contribution is 5.46. The van der Waals surface area contributed by atoms with Gasteiger partial charge in [0.2, 0.25) is 0 Å². The van der Waals surface area contributed by atoms with E-state index in [0.717, 1.165) is 11.4 Å². The Morgan fingerprint density at radius 2 is 1.84 bits per heavy atom. The summed E-state index contributed by atoms with van der Waals surface area (Å²) in [5.41, 5.74) is 2.07. The average Bonchev–Trinajstić information content (AvgIpc) is 2.46. The summed E-state index contributed by atoms with van der Waals surface area (Å²) in [7, 11) is 1.80. The van der Waals surface area contributed by atoms with Crippen LogP contribution in [0.4, 0.5) is 11.6 Å². The molecule has 1 aromatic heterocycles. The summed E-state index contributed by atoms with van der Waals surface area (Å²) in [5.74, 6) is 1.42. The molecule has 19 heavy (non-hydrogen) atoms. The maximum atomic E-state index is 10.1. The molecule has 0 aliphatic carbocycles. The molecule has 3 N–H and O–H groups in total. The van der Waals surface area contributed by atoms with Gasteiger partial charge in [-0.25, -0.2) is 9.97 Å². The Bertz CT molecular complexity index is 527. The van der Waals surface area contributed by atoms with E-state index in [1.165, 1.54) is 11.9 Å². The molecule has 0 aliphatic rings. The van der Waals surface area contributed by atoms with Crippen LogP contribution < -0.4 is 10.6 Å². The summed E-state index contributed by atoms with van der Waals surface area (Å²) in [6.07, 6.45) is 0.917. The maximum absolute atomic E-state index is 10.1. The third-order valence-electron chi connectivity index (χ3n) is 2.86. The highest BCUT2D eigenvalue weighted by atomic mass is 16.3. The third kappa shape index (κ3) is 3.66. The van der Waals surface area contributed by atoms with E-state index in [0.29, 0.717) is 12.4 Å². The number of aromatic nitrogens is 2. The van der Waals surface area contributed by atoms with Crippen molar-refractivity contribution < 1.29 is 5.11 Å². The van der Waals surface area contributed by atoms with Crippen LogP contribution in [0.15, 0.2) is 36.7 Å². The molecule has 0 bridgehead atoms. The second kappa shape index (κ2) is 6.15. The molecule has 5 nitrogen and oxygen atoms in total. The molecule has 5 heteroatoms. The Labute approximate surface area is 112 Å². The summed E-state index contributed by atoms with van der Waals surface area (Å²) in [6, 6.07) is 9.63. The van der Waals surface area contributed by atoms with E-state index in [1.807, 2.05) is 31.2 Å². The van der Waals surface area contributed by atoms with Gasteiger partial charge in [-0.05, 0) is 12.5 Å². The highest BCUT2D eigenvalue weighted by Gasteiger charge is 2.07. The largest absolute Gasteiger partial charge is 0.387 e. The lowest BCUT2D eigenvalue weighted by atomic mass is 10.1. The minimum absolute atomic E-state index is 0.406. The van der Waals surface area contributed by atoms with Gasteiger partial charge in [0.15, 0.2) is 0 Å². The standard InChI is InChI=1S/C14H18N4O/c1-10-3-5-11(6-4-10)12(19)8-16-14-7-13(15-2)17-9-18-14/h3-7,9,12,19H,8H2,1-2H3,(H2,15,16,17,18)/t12-/m0/s1. The van der Waals surface area contributed by atoms with Crippen molar-refractivity contribution in [3.63, 3.8) is 0 Å². The van der Waals surface area contributed by atoms with Crippen LogP contribution in [0, 0.1) is 6.92 Å². The Balaban J connectivity index is 1.96. The van der Waals surface area contributed by atoms with Crippen LogP contribution in [-0.4, -0.2) is 28.7 Å². The quantitative estimate of drug-likeness (QED) is 0.765. The van der Waals surface area contributed by atoms with E-state index in [-0.39, 0.29) is 0 Å². The van der Waals surface area contributed by atoms with Crippen molar-refractivity contribution in [1.82, 2.24) is 9.97 Å². The van der Waals surface area contributed by atoms with Crippen LogP contribution in [0.5, 0.6) is 0 Å². The topological polar surface area (TPSA) is 70.1 Å². The molecule has 2 rings (SSSR count). The maximum Gasteiger partial charge on any atom is 0.131 e. The van der Waals surface area contributed by atoms with Crippen LogP contribution in [0.25, 0.3) is 0 Å². The molecule has 0 saturated heterocycles. The molecule has 0 aliphatic heterocycles. The normalized spacial score (nSPS) is 11.9. The number of benzene rings is 1. The molecule has 0 unspecified atom stereocenters. The molecule has 0 radical (unpaired) electrons. The Morgan fingerprint density at radius 3 is 2.53 bits per heavy atom. The number of nitrogens with zero attached hydrogens (tertiary/aromatic N) is 2. The summed E-state index contributed by atoms with van der Waals surface area (Å²) >= 11 is 0. The van der Waals surface area contributed by atoms with E-state index in [4.69, 9.17) is 0 Å². The monoisotopic (exact) mass is 258 g/mol. The van der Waals surface area contributed by atoms with Crippen LogP contribution >= 0.6 is 0 Å². The predicted molar refractivity (Wildman–Crippen MR) is 76.2 cm³/mol. The number of rotatable bonds is 5. The first-order valence-electron chi connectivity index (χ1n) is 6.17. The van der Waals surface area contributed by atoms with Gasteiger partial charge in [-0.3, -0.25) is 0 Å². The SMILES string of the molecule is CNc1cc(NC[C@H](O)c2ccc(C)cc2)ncn1. The summed E-state index contributed by atoms with van der Waals surface area (Å²) in [6.45, 7) is 2.43. The first-order chi connectivity index (χ1) is 9.19. The van der Waals surface area contributed by atoms with Gasteiger partial charge in [0.05, 0.1) is 6.10 Å². The number of aliphatic hydroxyl groups is 1. The molecular weight excluding hydrogens is 240 g/mol. The van der Waals surface area contributed by atoms with E-state index in [2.05, 4.69) is 20.6 Å². The Kier molecular flexibility index (Phi) is 4.30. The van der Waals surface area contributed by atoms with Crippen molar-refractivity contribution in [2.45, 2.75) is 13.0 Å². The molecule has 1 heterocycles. The van der Waals surface area contributed by atoms with Crippen LogP contribution in [0.3, 0.4) is 0 Å². The van der Waals surface area contributed by atoms with Gasteiger partial charge >= 0.3 is 0 Å². The van der Waals surface area contributed by atoms with Crippen molar-refractivity contribution in [2.24, 2.45) is 0 Å². The minimum atomic E-state index is -0.561. The first-order valence-corrected chi connectivity index (χ1v) is 6.17. The first kappa shape index (κ1) is 13.3. The van der Waals surface area contributed by atoms with Crippen molar-refractivity contribution in [3.8, 4) is 0 Å². The van der Waals surface area contributed by atoms with Gasteiger partial charge in [-0.2, -0.15) is 0 Å². The molecule has 0 saturated carbocycles. The van der Waals surface area contributed by atoms with Crippen LogP contribution in [0.1, 0.15) is 17.2 Å². The van der Waals surface area contributed by atoms with Gasteiger partial charge < -0.3 is 15.7 Å². The van der Waals surface area contributed by atoms with Gasteiger partial charge in [-0.15, -0.1) is 0 Å². The van der Waals surface area contributed by atoms with Crippen molar-refractivity contribution in [2.75, 3.05) is 24.2 Å². The van der Waals surface area contributed by atoms with E-state index < -0.39 is 6.10 Å². The van der Waals surface area contributed by atoms with E-state index in [1.54, 1.807) is 13.1 Å². The molecule has 1 aromatic carbocycles. The van der Waals surface area contributed by atoms with Crippen molar-refractivity contribution >= 4 is 11.6 Å². The Hall–Kier alpha value is -2.14. The fourth-order valence-corrected chi connectivity index (χ4v) is 1.70. The minimum Gasteiger partial charge on any atom is -0.387 e. The van der Waals surface area contributed by atoms with Gasteiger partial charge in [0.1, 0.15) is 18.0 Å². The van der Waals surface area contributed by atoms with Gasteiger partial charge in [0.25, 0.3) is 0 Å². The smallest absolute Gasteiger partial charge is 0.131 e. The van der Waals surface area contributed by atoms with Crippen molar-refractivity contribution in [1.29, 1.82) is 0 Å². The zero-order chi connectivity index (χ0) is 13.7. The number of anilines is 2. The summed E-state index contributed by atoms with van der Waals surface area (Å²) in [5, 5.41) is 16.1. The number of aliphatic hydroxyl groups excluding tert-OH is 1. The van der Waals surface area contributed by atoms with Crippen LogP contribution in [0.2, 0.25) is 0 Å². The number of nitrogens with one attached hydrogen (secondary N) is 2. The lowest BCUT2D eigenvalue weighted by Gasteiger charge is -2.13. The molecule has 0 spiro atoms. The van der Waals surface area contributed by atoms with Gasteiger partial charge in [0, 0.05) is 19.7 Å². The zero-order valence-corrected chi connectivity index (χ0v) is 11.1. The van der Waals surface area contributed by atoms with E-state index >= 15 is 0 Å². The molecule has 1 atom stereocenters. The fourth-order valence-electron chi connectivity index (χ4n) is 1.70. The van der Waals surface area contributed by atoms with Crippen LogP contribution in [-0.2, 0) is 0 Å². The van der Waals surface area contributed by atoms with Crippen molar-refractivity contribution in [3.05, 3.63) is 47.8 Å². The molecule has 0 fully saturated rings. The molecule has 2 aromatic rings. The Morgan fingerprint density at radius 1 is 1.16 bits per heavy atom. The lowest BCUT2D eigenvalue weighted by molar-refractivity contribution is 0.191. The highest BCUT2D eigenvalue weighted by Crippen LogP contribution is 2.15.